The molecule has 2 aliphatic carbocycles. The third kappa shape index (κ3) is 1.46. The fraction of sp³-hybridized carbons (Fsp3) is 0.619. The molecule has 0 unspecified atom stereocenters. The average Bonchev–Trinajstić information content (AvgIpc) is 3.09. The van der Waals surface area contributed by atoms with Crippen molar-refractivity contribution in [2.24, 2.45) is 5.92 Å². The highest BCUT2D eigenvalue weighted by atomic mass is 16.5. The monoisotopic (exact) mass is 368 g/mol. The Balaban J connectivity index is 1.55. The Morgan fingerprint density at radius 3 is 2.81 bits per heavy atom. The van der Waals surface area contributed by atoms with E-state index in [1.807, 2.05) is 17.0 Å². The van der Waals surface area contributed by atoms with Crippen LogP contribution in [-0.2, 0) is 14.9 Å². The van der Waals surface area contributed by atoms with Crippen molar-refractivity contribution < 1.29 is 19.1 Å². The van der Waals surface area contributed by atoms with Crippen molar-refractivity contribution in [2.45, 2.75) is 55.0 Å². The van der Waals surface area contributed by atoms with Gasteiger partial charge in [-0.1, -0.05) is 0 Å². The molecule has 0 radical (unpaired) electrons. The topological polar surface area (TPSA) is 59.1 Å². The molecule has 4 fully saturated rings. The minimum Gasteiger partial charge on any atom is -0.497 e. The summed E-state index contributed by atoms with van der Waals surface area (Å²) in [5, 5.41) is 0. The number of amides is 2. The molecule has 27 heavy (non-hydrogen) atoms. The molecule has 3 aliphatic heterocycles. The summed E-state index contributed by atoms with van der Waals surface area (Å²) in [7, 11) is 3.14. The third-order valence-electron chi connectivity index (χ3n) is 8.51. The molecule has 2 amide bonds. The number of rotatable bonds is 1. The van der Waals surface area contributed by atoms with Gasteiger partial charge in [0.05, 0.1) is 25.4 Å². The fourth-order valence-electron chi connectivity index (χ4n) is 7.49. The predicted octanol–water partition coefficient (Wildman–Crippen LogP) is 2.84. The normalized spacial score (nSPS) is 40.1. The van der Waals surface area contributed by atoms with Gasteiger partial charge in [0.2, 0.25) is 5.91 Å². The lowest BCUT2D eigenvalue weighted by Crippen LogP contribution is -2.55. The van der Waals surface area contributed by atoms with Crippen molar-refractivity contribution in [3.63, 3.8) is 0 Å². The fourth-order valence-corrected chi connectivity index (χ4v) is 7.49. The van der Waals surface area contributed by atoms with Crippen molar-refractivity contribution >= 4 is 17.7 Å². The summed E-state index contributed by atoms with van der Waals surface area (Å²) in [5.41, 5.74) is 1.93. The molecule has 6 heteroatoms. The molecule has 3 heterocycles. The summed E-state index contributed by atoms with van der Waals surface area (Å²) < 4.78 is 10.7. The molecule has 0 aromatic heterocycles. The first-order chi connectivity index (χ1) is 13.0. The number of methoxy groups -OCH3 is 2. The highest BCUT2D eigenvalue weighted by Crippen LogP contribution is 2.81. The molecule has 1 aromatic rings. The molecule has 2 saturated heterocycles. The molecule has 6 rings (SSSR count). The lowest BCUT2D eigenvalue weighted by Gasteiger charge is -2.45. The second-order valence-electron chi connectivity index (χ2n) is 8.86. The van der Waals surface area contributed by atoms with Gasteiger partial charge >= 0.3 is 6.09 Å². The van der Waals surface area contributed by atoms with Crippen molar-refractivity contribution in [2.75, 3.05) is 25.7 Å². The smallest absolute Gasteiger partial charge is 0.414 e. The van der Waals surface area contributed by atoms with E-state index in [0.717, 1.165) is 50.1 Å². The summed E-state index contributed by atoms with van der Waals surface area (Å²) in [6.45, 7) is 0.794. The summed E-state index contributed by atoms with van der Waals surface area (Å²) >= 11 is 0. The zero-order chi connectivity index (χ0) is 18.6. The van der Waals surface area contributed by atoms with Gasteiger partial charge in [0, 0.05) is 23.9 Å². The maximum atomic E-state index is 12.9. The standard InChI is InChI=1S/C21H24N2O4/c1-26-13-3-4-15-14(11-13)20-9-10-22-17(24)5-6-19(22)7-8-21(20,16(20)12-19)23(15)18(25)27-2/h3-4,11,16H,5-10,12H2,1-2H3/t16-,19-,20+,21-/m1/s1. The van der Waals surface area contributed by atoms with Gasteiger partial charge in [-0.2, -0.15) is 0 Å². The van der Waals surface area contributed by atoms with Gasteiger partial charge in [-0.3, -0.25) is 9.69 Å². The van der Waals surface area contributed by atoms with Crippen molar-refractivity contribution in [3.05, 3.63) is 23.8 Å². The minimum atomic E-state index is -0.262. The molecule has 5 aliphatic rings. The molecular formula is C21H24N2O4. The van der Waals surface area contributed by atoms with Crippen LogP contribution in [0.5, 0.6) is 5.75 Å². The molecular weight excluding hydrogens is 344 g/mol. The van der Waals surface area contributed by atoms with Gasteiger partial charge in [0.15, 0.2) is 0 Å². The van der Waals surface area contributed by atoms with E-state index in [0.29, 0.717) is 18.2 Å². The van der Waals surface area contributed by atoms with Crippen LogP contribution in [0.3, 0.4) is 0 Å². The van der Waals surface area contributed by atoms with Gasteiger partial charge in [-0.05, 0) is 61.8 Å². The number of carbonyl (C=O) groups is 2. The second kappa shape index (κ2) is 4.59. The lowest BCUT2D eigenvalue weighted by atomic mass is 9.77. The number of carbonyl (C=O) groups excluding carboxylic acids is 2. The first-order valence-electron chi connectivity index (χ1n) is 9.91. The van der Waals surface area contributed by atoms with E-state index in [9.17, 15) is 9.59 Å². The average molecular weight is 368 g/mol. The minimum absolute atomic E-state index is 0.0155. The summed E-state index contributed by atoms with van der Waals surface area (Å²) in [5.74, 6) is 1.53. The van der Waals surface area contributed by atoms with E-state index in [4.69, 9.17) is 9.47 Å². The van der Waals surface area contributed by atoms with Crippen LogP contribution in [-0.4, -0.2) is 48.7 Å². The lowest BCUT2D eigenvalue weighted by molar-refractivity contribution is -0.132. The number of ether oxygens (including phenoxy) is 2. The van der Waals surface area contributed by atoms with Crippen LogP contribution in [0.1, 0.15) is 44.1 Å². The largest absolute Gasteiger partial charge is 0.497 e. The van der Waals surface area contributed by atoms with E-state index < -0.39 is 0 Å². The Hall–Kier alpha value is -2.24. The Bertz CT molecular complexity index is 900. The van der Waals surface area contributed by atoms with E-state index in [2.05, 4.69) is 11.0 Å². The van der Waals surface area contributed by atoms with Gasteiger partial charge in [0.25, 0.3) is 0 Å². The number of benzene rings is 1. The van der Waals surface area contributed by atoms with Crippen LogP contribution in [0, 0.1) is 5.92 Å². The van der Waals surface area contributed by atoms with Crippen LogP contribution >= 0.6 is 0 Å². The van der Waals surface area contributed by atoms with E-state index in [1.54, 1.807) is 7.11 Å². The van der Waals surface area contributed by atoms with Crippen LogP contribution in [0.15, 0.2) is 18.2 Å². The second-order valence-corrected chi connectivity index (χ2v) is 8.86. The molecule has 142 valence electrons. The number of hydrogen-bond acceptors (Lipinski definition) is 4. The van der Waals surface area contributed by atoms with Crippen LogP contribution in [0.25, 0.3) is 0 Å². The van der Waals surface area contributed by atoms with Crippen LogP contribution in [0.2, 0.25) is 0 Å². The SMILES string of the molecule is COC(=O)N1c2ccc(OC)cc2[C@]23CCN4C(=O)CC[C@]45CC[C@]12[C@@H]3C5. The molecule has 4 atom stereocenters. The van der Waals surface area contributed by atoms with E-state index in [-0.39, 0.29) is 22.6 Å². The summed E-state index contributed by atoms with van der Waals surface area (Å²) in [6, 6.07) is 6.03. The first-order valence-corrected chi connectivity index (χ1v) is 9.91. The number of fused-ring (bicyclic) bond motifs is 1. The number of anilines is 1. The van der Waals surface area contributed by atoms with E-state index in [1.165, 1.54) is 12.7 Å². The first kappa shape index (κ1) is 15.8. The number of hydrogen-bond donors (Lipinski definition) is 0. The highest BCUT2D eigenvalue weighted by Gasteiger charge is 2.87. The van der Waals surface area contributed by atoms with Gasteiger partial charge < -0.3 is 14.4 Å². The Labute approximate surface area is 158 Å². The molecule has 3 spiro atoms. The molecule has 2 bridgehead atoms. The van der Waals surface area contributed by atoms with Crippen LogP contribution < -0.4 is 9.64 Å². The zero-order valence-electron chi connectivity index (χ0n) is 15.8. The summed E-state index contributed by atoms with van der Waals surface area (Å²) in [6.07, 6.45) is 5.22. The van der Waals surface area contributed by atoms with Gasteiger partial charge in [0.1, 0.15) is 5.75 Å². The number of nitrogens with zero attached hydrogens (tertiary/aromatic N) is 2. The molecule has 2 saturated carbocycles. The molecule has 0 N–H and O–H groups in total. The zero-order valence-corrected chi connectivity index (χ0v) is 15.8. The Kier molecular flexibility index (Phi) is 2.69. The maximum absolute atomic E-state index is 12.9. The Morgan fingerprint density at radius 2 is 2.04 bits per heavy atom. The van der Waals surface area contributed by atoms with Gasteiger partial charge in [-0.25, -0.2) is 4.79 Å². The van der Waals surface area contributed by atoms with Crippen molar-refractivity contribution in [1.29, 1.82) is 0 Å². The predicted molar refractivity (Wildman–Crippen MR) is 97.9 cm³/mol. The van der Waals surface area contributed by atoms with Crippen molar-refractivity contribution in [1.82, 2.24) is 4.90 Å². The van der Waals surface area contributed by atoms with E-state index >= 15 is 0 Å². The highest BCUT2D eigenvalue weighted by molar-refractivity contribution is 5.97. The molecule has 1 aromatic carbocycles. The molecule has 6 nitrogen and oxygen atoms in total. The summed E-state index contributed by atoms with van der Waals surface area (Å²) in [4.78, 5) is 29.5. The van der Waals surface area contributed by atoms with Crippen LogP contribution in [0.4, 0.5) is 10.5 Å². The third-order valence-corrected chi connectivity index (χ3v) is 8.51. The Morgan fingerprint density at radius 1 is 1.19 bits per heavy atom. The van der Waals surface area contributed by atoms with Gasteiger partial charge in [-0.15, -0.1) is 0 Å². The quantitative estimate of drug-likeness (QED) is 0.765. The van der Waals surface area contributed by atoms with Crippen molar-refractivity contribution in [3.8, 4) is 5.75 Å². The maximum Gasteiger partial charge on any atom is 0.414 e.